The molecule has 0 aliphatic carbocycles. The van der Waals surface area contributed by atoms with Gasteiger partial charge >= 0.3 is 5.97 Å². The van der Waals surface area contributed by atoms with Crippen molar-refractivity contribution in [1.82, 2.24) is 5.32 Å². The molecule has 0 bridgehead atoms. The lowest BCUT2D eigenvalue weighted by Gasteiger charge is -2.18. The molecule has 0 radical (unpaired) electrons. The van der Waals surface area contributed by atoms with Crippen LogP contribution in [0.5, 0.6) is 0 Å². The minimum Gasteiger partial charge on any atom is -0.479 e. The number of aliphatic carboxylic acids is 1. The first-order valence-electron chi connectivity index (χ1n) is 7.70. The number of benzene rings is 1. The maximum atomic E-state index is 12.1. The van der Waals surface area contributed by atoms with Crippen LogP contribution in [0.4, 0.5) is 5.69 Å². The quantitative estimate of drug-likeness (QED) is 0.345. The molecule has 1 atom stereocenters. The second-order valence-corrected chi connectivity index (χ2v) is 7.37. The molecular weight excluding hydrogens is 348 g/mol. The molecule has 0 fully saturated rings. The molecule has 1 aromatic carbocycles. The molecule has 9 heteroatoms. The molecule has 1 amide bonds. The standard InChI is InChI=1S/C16H22N2O6S/c1-10(2)6-7-25-13-5-4-11(8-12(13)18(23)24)14(19)17-9-16(3,22)15(20)21/h4-5,8,10,22H,6-7,9H2,1-3H3,(H,17,19)(H,20,21). The number of nitrogens with one attached hydrogen (secondary N) is 1. The van der Waals surface area contributed by atoms with E-state index in [-0.39, 0.29) is 11.3 Å². The Morgan fingerprint density at radius 2 is 2.04 bits per heavy atom. The van der Waals surface area contributed by atoms with Crippen molar-refractivity contribution in [3.05, 3.63) is 33.9 Å². The van der Waals surface area contributed by atoms with Crippen LogP contribution >= 0.6 is 11.8 Å². The minimum absolute atomic E-state index is 0.0288. The number of thioether (sulfide) groups is 1. The van der Waals surface area contributed by atoms with Crippen LogP contribution in [0.15, 0.2) is 23.1 Å². The average molecular weight is 370 g/mol. The lowest BCUT2D eigenvalue weighted by atomic mass is 10.1. The highest BCUT2D eigenvalue weighted by molar-refractivity contribution is 7.99. The maximum Gasteiger partial charge on any atom is 0.337 e. The summed E-state index contributed by atoms with van der Waals surface area (Å²) in [7, 11) is 0. The first-order valence-corrected chi connectivity index (χ1v) is 8.68. The van der Waals surface area contributed by atoms with Gasteiger partial charge in [-0.2, -0.15) is 0 Å². The highest BCUT2D eigenvalue weighted by Gasteiger charge is 2.30. The molecule has 0 aliphatic heterocycles. The van der Waals surface area contributed by atoms with Crippen molar-refractivity contribution in [2.45, 2.75) is 37.7 Å². The molecule has 0 aliphatic rings. The van der Waals surface area contributed by atoms with Gasteiger partial charge in [0.25, 0.3) is 11.6 Å². The Bertz CT molecular complexity index is 660. The molecule has 0 aromatic heterocycles. The fourth-order valence-corrected chi connectivity index (χ4v) is 3.01. The number of nitro benzene ring substituents is 1. The first-order chi connectivity index (χ1) is 11.5. The Morgan fingerprint density at radius 3 is 2.56 bits per heavy atom. The zero-order valence-corrected chi connectivity index (χ0v) is 15.1. The Labute approximate surface area is 149 Å². The van der Waals surface area contributed by atoms with Gasteiger partial charge in [-0.15, -0.1) is 11.8 Å². The molecule has 0 heterocycles. The normalized spacial score (nSPS) is 13.3. The van der Waals surface area contributed by atoms with Crippen LogP contribution in [0.3, 0.4) is 0 Å². The van der Waals surface area contributed by atoms with Gasteiger partial charge in [0.2, 0.25) is 0 Å². The van der Waals surface area contributed by atoms with Crippen molar-refractivity contribution in [3.8, 4) is 0 Å². The van der Waals surface area contributed by atoms with Gasteiger partial charge in [-0.3, -0.25) is 14.9 Å². The van der Waals surface area contributed by atoms with Gasteiger partial charge in [0.05, 0.1) is 16.4 Å². The summed E-state index contributed by atoms with van der Waals surface area (Å²) < 4.78 is 0. The van der Waals surface area contributed by atoms with Gasteiger partial charge in [0.15, 0.2) is 5.60 Å². The number of carbonyl (C=O) groups excluding carboxylic acids is 1. The van der Waals surface area contributed by atoms with Gasteiger partial charge < -0.3 is 15.5 Å². The number of rotatable bonds is 9. The van der Waals surface area contributed by atoms with E-state index < -0.39 is 28.9 Å². The van der Waals surface area contributed by atoms with E-state index in [1.165, 1.54) is 23.9 Å². The molecule has 1 rings (SSSR count). The molecule has 0 spiro atoms. The van der Waals surface area contributed by atoms with Crippen LogP contribution in [-0.4, -0.2) is 44.9 Å². The second-order valence-electron chi connectivity index (χ2n) is 6.23. The van der Waals surface area contributed by atoms with E-state index in [0.29, 0.717) is 10.8 Å². The van der Waals surface area contributed by atoms with Crippen molar-refractivity contribution < 1.29 is 24.7 Å². The van der Waals surface area contributed by atoms with Crippen LogP contribution < -0.4 is 5.32 Å². The predicted octanol–water partition coefficient (Wildman–Crippen LogP) is 2.30. The lowest BCUT2D eigenvalue weighted by molar-refractivity contribution is -0.387. The second kappa shape index (κ2) is 8.82. The van der Waals surface area contributed by atoms with E-state index >= 15 is 0 Å². The van der Waals surface area contributed by atoms with Gasteiger partial charge in [-0.05, 0) is 37.1 Å². The van der Waals surface area contributed by atoms with Crippen LogP contribution in [0.1, 0.15) is 37.6 Å². The van der Waals surface area contributed by atoms with Crippen molar-refractivity contribution >= 4 is 29.3 Å². The molecule has 8 nitrogen and oxygen atoms in total. The summed E-state index contributed by atoms with van der Waals surface area (Å²) in [6.45, 7) is 4.66. The van der Waals surface area contributed by atoms with E-state index in [2.05, 4.69) is 19.2 Å². The third-order valence-electron chi connectivity index (χ3n) is 3.42. The Kier molecular flexibility index (Phi) is 7.38. The third-order valence-corrected chi connectivity index (χ3v) is 4.52. The largest absolute Gasteiger partial charge is 0.479 e. The fraction of sp³-hybridized carbons (Fsp3) is 0.500. The van der Waals surface area contributed by atoms with Crippen LogP contribution in [0.25, 0.3) is 0 Å². The number of aliphatic hydroxyl groups is 1. The fourth-order valence-electron chi connectivity index (χ4n) is 1.76. The van der Waals surface area contributed by atoms with Crippen molar-refractivity contribution in [2.24, 2.45) is 5.92 Å². The number of amides is 1. The Balaban J connectivity index is 2.87. The van der Waals surface area contributed by atoms with E-state index in [4.69, 9.17) is 5.11 Å². The third kappa shape index (κ3) is 6.35. The first kappa shape index (κ1) is 20.9. The Morgan fingerprint density at radius 1 is 1.40 bits per heavy atom. The summed E-state index contributed by atoms with van der Waals surface area (Å²) in [5, 5.41) is 31.9. The smallest absolute Gasteiger partial charge is 0.337 e. The van der Waals surface area contributed by atoms with Crippen molar-refractivity contribution in [3.63, 3.8) is 0 Å². The molecule has 138 valence electrons. The zero-order valence-electron chi connectivity index (χ0n) is 14.3. The number of nitro groups is 1. The average Bonchev–Trinajstić information content (AvgIpc) is 2.52. The maximum absolute atomic E-state index is 12.1. The van der Waals surface area contributed by atoms with E-state index in [0.717, 1.165) is 25.2 Å². The highest BCUT2D eigenvalue weighted by atomic mass is 32.2. The van der Waals surface area contributed by atoms with Gasteiger partial charge in [-0.25, -0.2) is 4.79 Å². The molecular formula is C16H22N2O6S. The number of hydrogen-bond donors (Lipinski definition) is 3. The van der Waals surface area contributed by atoms with Gasteiger partial charge in [-0.1, -0.05) is 13.8 Å². The summed E-state index contributed by atoms with van der Waals surface area (Å²) in [5.41, 5.74) is -2.26. The summed E-state index contributed by atoms with van der Waals surface area (Å²) in [5.74, 6) is -0.955. The summed E-state index contributed by atoms with van der Waals surface area (Å²) in [6.07, 6.45) is 0.911. The summed E-state index contributed by atoms with van der Waals surface area (Å²) >= 11 is 1.35. The van der Waals surface area contributed by atoms with E-state index in [9.17, 15) is 24.8 Å². The van der Waals surface area contributed by atoms with Crippen molar-refractivity contribution in [2.75, 3.05) is 12.3 Å². The number of hydrogen-bond acceptors (Lipinski definition) is 6. The molecule has 0 saturated carbocycles. The Hall–Kier alpha value is -2.13. The SMILES string of the molecule is CC(C)CCSc1ccc(C(=O)NCC(C)(O)C(=O)O)cc1[N+](=O)[O-]. The number of carboxylic acid groups (broad SMARTS) is 1. The lowest BCUT2D eigenvalue weighted by Crippen LogP contribution is -2.46. The van der Waals surface area contributed by atoms with E-state index in [1.54, 1.807) is 0 Å². The molecule has 1 unspecified atom stereocenters. The molecule has 1 aromatic rings. The van der Waals surface area contributed by atoms with E-state index in [1.807, 2.05) is 0 Å². The number of carbonyl (C=O) groups is 2. The monoisotopic (exact) mass is 370 g/mol. The van der Waals surface area contributed by atoms with Gasteiger partial charge in [0.1, 0.15) is 0 Å². The van der Waals surface area contributed by atoms with Gasteiger partial charge in [0, 0.05) is 11.6 Å². The number of carboxylic acids is 1. The van der Waals surface area contributed by atoms with Crippen LogP contribution in [0.2, 0.25) is 0 Å². The van der Waals surface area contributed by atoms with Crippen LogP contribution in [0, 0.1) is 16.0 Å². The molecule has 25 heavy (non-hydrogen) atoms. The van der Waals surface area contributed by atoms with Crippen LogP contribution in [-0.2, 0) is 4.79 Å². The topological polar surface area (TPSA) is 130 Å². The highest BCUT2D eigenvalue weighted by Crippen LogP contribution is 2.31. The minimum atomic E-state index is -2.12. The molecule has 0 saturated heterocycles. The molecule has 3 N–H and O–H groups in total. The zero-order chi connectivity index (χ0) is 19.2. The number of nitrogens with zero attached hydrogens (tertiary/aromatic N) is 1. The summed E-state index contributed by atoms with van der Waals surface area (Å²) in [6, 6.07) is 4.10. The summed E-state index contributed by atoms with van der Waals surface area (Å²) in [4.78, 5) is 34.0. The van der Waals surface area contributed by atoms with Crippen molar-refractivity contribution in [1.29, 1.82) is 0 Å². The predicted molar refractivity (Wildman–Crippen MR) is 93.9 cm³/mol.